The normalized spacial score (nSPS) is 28.3. The first-order valence-corrected chi connectivity index (χ1v) is 6.83. The molecular formula is C13H24N2O2. The van der Waals surface area contributed by atoms with E-state index in [4.69, 9.17) is 4.74 Å². The summed E-state index contributed by atoms with van der Waals surface area (Å²) in [7, 11) is 0. The lowest BCUT2D eigenvalue weighted by Crippen LogP contribution is -2.35. The van der Waals surface area contributed by atoms with E-state index in [9.17, 15) is 4.79 Å². The molecule has 1 heterocycles. The van der Waals surface area contributed by atoms with Gasteiger partial charge in [0.05, 0.1) is 5.92 Å². The van der Waals surface area contributed by atoms with Gasteiger partial charge in [0.2, 0.25) is 5.91 Å². The SMILES string of the molecule is CC1CNCC1C(=O)NCCCOCC1CC1. The molecule has 98 valence electrons. The maximum atomic E-state index is 11.8. The average Bonchev–Trinajstić information content (AvgIpc) is 3.04. The number of nitrogens with one attached hydrogen (secondary N) is 2. The second-order valence-electron chi connectivity index (χ2n) is 5.40. The molecule has 2 fully saturated rings. The number of rotatable bonds is 7. The Labute approximate surface area is 103 Å². The first kappa shape index (κ1) is 12.8. The van der Waals surface area contributed by atoms with Crippen molar-refractivity contribution in [3.63, 3.8) is 0 Å². The van der Waals surface area contributed by atoms with Crippen LogP contribution in [-0.2, 0) is 9.53 Å². The lowest BCUT2D eigenvalue weighted by atomic mass is 9.97. The second-order valence-corrected chi connectivity index (χ2v) is 5.40. The Balaban J connectivity index is 1.47. The van der Waals surface area contributed by atoms with Crippen molar-refractivity contribution in [1.29, 1.82) is 0 Å². The van der Waals surface area contributed by atoms with Crippen LogP contribution in [0.2, 0.25) is 0 Å². The van der Waals surface area contributed by atoms with Crippen molar-refractivity contribution in [3.05, 3.63) is 0 Å². The minimum Gasteiger partial charge on any atom is -0.381 e. The maximum absolute atomic E-state index is 11.8. The average molecular weight is 240 g/mol. The van der Waals surface area contributed by atoms with Gasteiger partial charge in [-0.1, -0.05) is 6.92 Å². The Hall–Kier alpha value is -0.610. The number of carbonyl (C=O) groups is 1. The van der Waals surface area contributed by atoms with Crippen LogP contribution in [0.4, 0.5) is 0 Å². The summed E-state index contributed by atoms with van der Waals surface area (Å²) >= 11 is 0. The Kier molecular flexibility index (Phi) is 4.80. The Morgan fingerprint density at radius 3 is 2.88 bits per heavy atom. The van der Waals surface area contributed by atoms with Gasteiger partial charge in [0, 0.05) is 26.3 Å². The topological polar surface area (TPSA) is 50.4 Å². The molecule has 1 amide bonds. The highest BCUT2D eigenvalue weighted by atomic mass is 16.5. The van der Waals surface area contributed by atoms with E-state index in [1.807, 2.05) is 0 Å². The maximum Gasteiger partial charge on any atom is 0.224 e. The van der Waals surface area contributed by atoms with Crippen molar-refractivity contribution in [3.8, 4) is 0 Å². The van der Waals surface area contributed by atoms with Crippen molar-refractivity contribution in [1.82, 2.24) is 10.6 Å². The van der Waals surface area contributed by atoms with Gasteiger partial charge >= 0.3 is 0 Å². The molecule has 2 unspecified atom stereocenters. The summed E-state index contributed by atoms with van der Waals surface area (Å²) in [6.07, 6.45) is 3.60. The van der Waals surface area contributed by atoms with Crippen molar-refractivity contribution >= 4 is 5.91 Å². The monoisotopic (exact) mass is 240 g/mol. The fourth-order valence-corrected chi connectivity index (χ4v) is 2.21. The standard InChI is InChI=1S/C13H24N2O2/c1-10-7-14-8-12(10)13(16)15-5-2-6-17-9-11-3-4-11/h10-12,14H,2-9H2,1H3,(H,15,16). The molecule has 1 aliphatic heterocycles. The van der Waals surface area contributed by atoms with E-state index >= 15 is 0 Å². The summed E-state index contributed by atoms with van der Waals surface area (Å²) in [4.78, 5) is 11.8. The van der Waals surface area contributed by atoms with E-state index in [0.717, 1.165) is 45.2 Å². The predicted octanol–water partition coefficient (Wildman–Crippen LogP) is 0.775. The summed E-state index contributed by atoms with van der Waals surface area (Å²) in [6, 6.07) is 0. The zero-order valence-electron chi connectivity index (χ0n) is 10.7. The van der Waals surface area contributed by atoms with E-state index in [1.165, 1.54) is 12.8 Å². The molecule has 0 aromatic heterocycles. The van der Waals surface area contributed by atoms with Crippen LogP contribution >= 0.6 is 0 Å². The largest absolute Gasteiger partial charge is 0.381 e. The number of hydrogen-bond donors (Lipinski definition) is 2. The Morgan fingerprint density at radius 2 is 2.24 bits per heavy atom. The zero-order chi connectivity index (χ0) is 12.1. The third-order valence-corrected chi connectivity index (χ3v) is 3.67. The van der Waals surface area contributed by atoms with E-state index in [0.29, 0.717) is 5.92 Å². The van der Waals surface area contributed by atoms with Gasteiger partial charge in [-0.25, -0.2) is 0 Å². The Morgan fingerprint density at radius 1 is 1.41 bits per heavy atom. The molecule has 4 heteroatoms. The van der Waals surface area contributed by atoms with E-state index in [-0.39, 0.29) is 11.8 Å². The van der Waals surface area contributed by atoms with Crippen LogP contribution in [0.3, 0.4) is 0 Å². The molecule has 2 N–H and O–H groups in total. The summed E-state index contributed by atoms with van der Waals surface area (Å²) in [5, 5.41) is 6.25. The van der Waals surface area contributed by atoms with Gasteiger partial charge in [0.25, 0.3) is 0 Å². The van der Waals surface area contributed by atoms with E-state index in [1.54, 1.807) is 0 Å². The summed E-state index contributed by atoms with van der Waals surface area (Å²) in [5.74, 6) is 1.64. The van der Waals surface area contributed by atoms with Crippen LogP contribution in [0, 0.1) is 17.8 Å². The molecule has 0 spiro atoms. The van der Waals surface area contributed by atoms with Gasteiger partial charge in [-0.05, 0) is 37.6 Å². The van der Waals surface area contributed by atoms with Crippen LogP contribution in [-0.4, -0.2) is 38.8 Å². The Bertz CT molecular complexity index is 254. The molecule has 2 rings (SSSR count). The molecule has 17 heavy (non-hydrogen) atoms. The lowest BCUT2D eigenvalue weighted by molar-refractivity contribution is -0.125. The van der Waals surface area contributed by atoms with Crippen LogP contribution in [0.1, 0.15) is 26.2 Å². The minimum absolute atomic E-state index is 0.155. The molecular weight excluding hydrogens is 216 g/mol. The predicted molar refractivity (Wildman–Crippen MR) is 66.7 cm³/mol. The van der Waals surface area contributed by atoms with Crippen molar-refractivity contribution in [2.75, 3.05) is 32.8 Å². The van der Waals surface area contributed by atoms with Gasteiger partial charge < -0.3 is 15.4 Å². The molecule has 2 atom stereocenters. The second kappa shape index (κ2) is 6.36. The smallest absolute Gasteiger partial charge is 0.224 e. The van der Waals surface area contributed by atoms with Crippen LogP contribution in [0.15, 0.2) is 0 Å². The van der Waals surface area contributed by atoms with Crippen LogP contribution < -0.4 is 10.6 Å². The van der Waals surface area contributed by atoms with Gasteiger partial charge in [0.15, 0.2) is 0 Å². The van der Waals surface area contributed by atoms with Crippen LogP contribution in [0.25, 0.3) is 0 Å². The van der Waals surface area contributed by atoms with Gasteiger partial charge in [0.1, 0.15) is 0 Å². The number of hydrogen-bond acceptors (Lipinski definition) is 3. The highest BCUT2D eigenvalue weighted by Gasteiger charge is 2.29. The van der Waals surface area contributed by atoms with Crippen molar-refractivity contribution < 1.29 is 9.53 Å². The quantitative estimate of drug-likeness (QED) is 0.646. The molecule has 1 saturated heterocycles. The first-order valence-electron chi connectivity index (χ1n) is 6.83. The third kappa shape index (κ3) is 4.28. The molecule has 4 nitrogen and oxygen atoms in total. The lowest BCUT2D eigenvalue weighted by Gasteiger charge is -2.14. The number of ether oxygens (including phenoxy) is 1. The van der Waals surface area contributed by atoms with E-state index < -0.39 is 0 Å². The highest BCUT2D eigenvalue weighted by Crippen LogP contribution is 2.28. The number of amides is 1. The zero-order valence-corrected chi connectivity index (χ0v) is 10.7. The molecule has 0 aromatic rings. The van der Waals surface area contributed by atoms with Crippen molar-refractivity contribution in [2.45, 2.75) is 26.2 Å². The van der Waals surface area contributed by atoms with Gasteiger partial charge in [-0.3, -0.25) is 4.79 Å². The van der Waals surface area contributed by atoms with Crippen LogP contribution in [0.5, 0.6) is 0 Å². The molecule has 0 aromatic carbocycles. The molecule has 2 aliphatic rings. The molecule has 0 radical (unpaired) electrons. The van der Waals surface area contributed by atoms with Gasteiger partial charge in [-0.2, -0.15) is 0 Å². The number of carbonyl (C=O) groups excluding carboxylic acids is 1. The molecule has 0 bridgehead atoms. The first-order chi connectivity index (χ1) is 8.27. The molecule has 1 saturated carbocycles. The highest BCUT2D eigenvalue weighted by molar-refractivity contribution is 5.79. The fourth-order valence-electron chi connectivity index (χ4n) is 2.21. The van der Waals surface area contributed by atoms with E-state index in [2.05, 4.69) is 17.6 Å². The summed E-state index contributed by atoms with van der Waals surface area (Å²) in [6.45, 7) is 6.34. The van der Waals surface area contributed by atoms with Crippen molar-refractivity contribution in [2.24, 2.45) is 17.8 Å². The minimum atomic E-state index is 0.155. The molecule has 1 aliphatic carbocycles. The van der Waals surface area contributed by atoms with Gasteiger partial charge in [-0.15, -0.1) is 0 Å². The summed E-state index contributed by atoms with van der Waals surface area (Å²) in [5.41, 5.74) is 0. The summed E-state index contributed by atoms with van der Waals surface area (Å²) < 4.78 is 5.52. The fraction of sp³-hybridized carbons (Fsp3) is 0.923. The third-order valence-electron chi connectivity index (χ3n) is 3.67.